The maximum absolute atomic E-state index is 11.5. The minimum Gasteiger partial charge on any atom is -0.496 e. The lowest BCUT2D eigenvalue weighted by molar-refractivity contribution is -0.137. The van der Waals surface area contributed by atoms with Gasteiger partial charge in [0.15, 0.2) is 0 Å². The van der Waals surface area contributed by atoms with Gasteiger partial charge >= 0.3 is 5.97 Å². The van der Waals surface area contributed by atoms with Crippen LogP contribution in [0.25, 0.3) is 5.70 Å². The second-order valence-electron chi connectivity index (χ2n) is 3.69. The number of methoxy groups -OCH3 is 1. The molecule has 0 spiro atoms. The average molecular weight is 263 g/mol. The van der Waals surface area contributed by atoms with Crippen LogP contribution >= 0.6 is 0 Å². The standard InChI is InChI=1S/C14H17NO4/c1-4-19-14(17)9-12(15-10(2)16)11-7-5-6-8-13(11)18-3/h5-9H,4H2,1-3H3,(H,15,16). The van der Waals surface area contributed by atoms with Crippen LogP contribution in [0.1, 0.15) is 19.4 Å². The van der Waals surface area contributed by atoms with Gasteiger partial charge < -0.3 is 14.8 Å². The monoisotopic (exact) mass is 263 g/mol. The highest BCUT2D eigenvalue weighted by Gasteiger charge is 2.11. The van der Waals surface area contributed by atoms with Crippen LogP contribution in [0.4, 0.5) is 0 Å². The largest absolute Gasteiger partial charge is 0.496 e. The number of amides is 1. The third-order valence-electron chi connectivity index (χ3n) is 2.26. The summed E-state index contributed by atoms with van der Waals surface area (Å²) >= 11 is 0. The molecule has 0 aliphatic heterocycles. The zero-order valence-corrected chi connectivity index (χ0v) is 11.2. The molecule has 0 aliphatic carbocycles. The van der Waals surface area contributed by atoms with Crippen molar-refractivity contribution < 1.29 is 19.1 Å². The molecule has 0 atom stereocenters. The topological polar surface area (TPSA) is 64.6 Å². The van der Waals surface area contributed by atoms with Crippen molar-refractivity contribution in [1.29, 1.82) is 0 Å². The molecule has 0 heterocycles. The van der Waals surface area contributed by atoms with Gasteiger partial charge in [0.05, 0.1) is 19.4 Å². The molecule has 102 valence electrons. The highest BCUT2D eigenvalue weighted by atomic mass is 16.5. The Bertz CT molecular complexity index is 494. The Hall–Kier alpha value is -2.30. The van der Waals surface area contributed by atoms with Gasteiger partial charge in [0.1, 0.15) is 5.75 Å². The van der Waals surface area contributed by atoms with E-state index in [0.29, 0.717) is 17.0 Å². The van der Waals surface area contributed by atoms with Gasteiger partial charge in [-0.2, -0.15) is 0 Å². The summed E-state index contributed by atoms with van der Waals surface area (Å²) in [4.78, 5) is 22.7. The summed E-state index contributed by atoms with van der Waals surface area (Å²) in [6.07, 6.45) is 1.24. The van der Waals surface area contributed by atoms with Crippen molar-refractivity contribution in [2.24, 2.45) is 0 Å². The SMILES string of the molecule is CCOC(=O)C=C(NC(C)=O)c1ccccc1OC. The lowest BCUT2D eigenvalue weighted by Crippen LogP contribution is -2.20. The molecule has 0 bridgehead atoms. The summed E-state index contributed by atoms with van der Waals surface area (Å²) in [5, 5.41) is 2.60. The second kappa shape index (κ2) is 7.20. The van der Waals surface area contributed by atoms with Crippen molar-refractivity contribution in [2.45, 2.75) is 13.8 Å². The van der Waals surface area contributed by atoms with Crippen LogP contribution < -0.4 is 10.1 Å². The van der Waals surface area contributed by atoms with Crippen molar-refractivity contribution in [2.75, 3.05) is 13.7 Å². The first-order chi connectivity index (χ1) is 9.08. The molecule has 1 N–H and O–H groups in total. The van der Waals surface area contributed by atoms with E-state index in [4.69, 9.17) is 9.47 Å². The third kappa shape index (κ3) is 4.46. The van der Waals surface area contributed by atoms with Gasteiger partial charge in [0.2, 0.25) is 5.91 Å². The smallest absolute Gasteiger partial charge is 0.332 e. The molecule has 1 aromatic carbocycles. The molecule has 0 aromatic heterocycles. The molecule has 19 heavy (non-hydrogen) atoms. The number of benzene rings is 1. The van der Waals surface area contributed by atoms with Gasteiger partial charge in [-0.05, 0) is 19.1 Å². The zero-order valence-electron chi connectivity index (χ0n) is 11.2. The fraction of sp³-hybridized carbons (Fsp3) is 0.286. The van der Waals surface area contributed by atoms with Gasteiger partial charge in [-0.3, -0.25) is 4.79 Å². The van der Waals surface area contributed by atoms with Crippen LogP contribution in [-0.2, 0) is 14.3 Å². The van der Waals surface area contributed by atoms with Crippen LogP contribution in [0.2, 0.25) is 0 Å². The van der Waals surface area contributed by atoms with E-state index in [2.05, 4.69) is 5.32 Å². The Morgan fingerprint density at radius 2 is 2.00 bits per heavy atom. The fourth-order valence-corrected chi connectivity index (χ4v) is 1.54. The first-order valence-electron chi connectivity index (χ1n) is 5.88. The number of hydrogen-bond donors (Lipinski definition) is 1. The predicted octanol–water partition coefficient (Wildman–Crippen LogP) is 1.74. The number of carbonyl (C=O) groups is 2. The molecular weight excluding hydrogens is 246 g/mol. The van der Waals surface area contributed by atoms with Crippen LogP contribution in [0.15, 0.2) is 30.3 Å². The van der Waals surface area contributed by atoms with Crippen LogP contribution in [-0.4, -0.2) is 25.6 Å². The highest BCUT2D eigenvalue weighted by molar-refractivity contribution is 5.96. The maximum atomic E-state index is 11.5. The van der Waals surface area contributed by atoms with Gasteiger partial charge in [0, 0.05) is 18.6 Å². The summed E-state index contributed by atoms with van der Waals surface area (Å²) in [5.74, 6) is -0.231. The Balaban J connectivity index is 3.16. The molecule has 0 fully saturated rings. The molecule has 0 radical (unpaired) electrons. The summed E-state index contributed by atoms with van der Waals surface area (Å²) in [6, 6.07) is 7.09. The predicted molar refractivity (Wildman–Crippen MR) is 71.4 cm³/mol. The molecule has 1 rings (SSSR count). The summed E-state index contributed by atoms with van der Waals surface area (Å²) in [7, 11) is 1.52. The van der Waals surface area contributed by atoms with E-state index in [-0.39, 0.29) is 12.5 Å². The van der Waals surface area contributed by atoms with Crippen molar-refractivity contribution in [3.05, 3.63) is 35.9 Å². The first-order valence-corrected chi connectivity index (χ1v) is 5.88. The Morgan fingerprint density at radius 1 is 1.32 bits per heavy atom. The highest BCUT2D eigenvalue weighted by Crippen LogP contribution is 2.24. The number of para-hydroxylation sites is 1. The van der Waals surface area contributed by atoms with E-state index < -0.39 is 5.97 Å². The minimum atomic E-state index is -0.517. The molecule has 0 saturated heterocycles. The van der Waals surface area contributed by atoms with Crippen LogP contribution in [0.5, 0.6) is 5.75 Å². The van der Waals surface area contributed by atoms with Crippen LogP contribution in [0.3, 0.4) is 0 Å². The van der Waals surface area contributed by atoms with Gasteiger partial charge in [-0.1, -0.05) is 12.1 Å². The van der Waals surface area contributed by atoms with Crippen LogP contribution in [0, 0.1) is 0 Å². The molecule has 0 saturated carbocycles. The van der Waals surface area contributed by atoms with E-state index in [9.17, 15) is 9.59 Å². The van der Waals surface area contributed by atoms with Crippen molar-refractivity contribution >= 4 is 17.6 Å². The first kappa shape index (κ1) is 14.8. The molecule has 5 nitrogen and oxygen atoms in total. The Morgan fingerprint density at radius 3 is 2.58 bits per heavy atom. The summed E-state index contributed by atoms with van der Waals surface area (Å²) in [5.41, 5.74) is 0.969. The number of carbonyl (C=O) groups excluding carboxylic acids is 2. The zero-order chi connectivity index (χ0) is 14.3. The number of rotatable bonds is 5. The summed E-state index contributed by atoms with van der Waals surface area (Å²) < 4.78 is 10.0. The number of esters is 1. The van der Waals surface area contributed by atoms with Crippen molar-refractivity contribution in [3.8, 4) is 5.75 Å². The molecule has 0 unspecified atom stereocenters. The van der Waals surface area contributed by atoms with Crippen molar-refractivity contribution in [1.82, 2.24) is 5.32 Å². The van der Waals surface area contributed by atoms with E-state index in [1.807, 2.05) is 0 Å². The number of ether oxygens (including phenoxy) is 2. The maximum Gasteiger partial charge on any atom is 0.332 e. The van der Waals surface area contributed by atoms with Gasteiger partial charge in [-0.25, -0.2) is 4.79 Å². The number of hydrogen-bond acceptors (Lipinski definition) is 4. The normalized spacial score (nSPS) is 10.8. The quantitative estimate of drug-likeness (QED) is 0.649. The third-order valence-corrected chi connectivity index (χ3v) is 2.26. The summed E-state index contributed by atoms with van der Waals surface area (Å²) in [6.45, 7) is 3.36. The van der Waals surface area contributed by atoms with E-state index in [1.54, 1.807) is 31.2 Å². The molecular formula is C14H17NO4. The van der Waals surface area contributed by atoms with E-state index in [0.717, 1.165) is 0 Å². The minimum absolute atomic E-state index is 0.272. The molecule has 0 aliphatic rings. The lowest BCUT2D eigenvalue weighted by atomic mass is 10.1. The Kier molecular flexibility index (Phi) is 5.60. The molecule has 1 aromatic rings. The van der Waals surface area contributed by atoms with Gasteiger partial charge in [-0.15, -0.1) is 0 Å². The second-order valence-corrected chi connectivity index (χ2v) is 3.69. The van der Waals surface area contributed by atoms with E-state index >= 15 is 0 Å². The average Bonchev–Trinajstić information content (AvgIpc) is 2.37. The Labute approximate surface area is 112 Å². The lowest BCUT2D eigenvalue weighted by Gasteiger charge is -2.12. The van der Waals surface area contributed by atoms with Gasteiger partial charge in [0.25, 0.3) is 0 Å². The molecule has 5 heteroatoms. The van der Waals surface area contributed by atoms with E-state index in [1.165, 1.54) is 20.1 Å². The number of nitrogens with one attached hydrogen (secondary N) is 1. The fourth-order valence-electron chi connectivity index (χ4n) is 1.54. The van der Waals surface area contributed by atoms with Crippen molar-refractivity contribution in [3.63, 3.8) is 0 Å². The molecule has 1 amide bonds.